The molecule has 16 heavy (non-hydrogen) atoms. The molecule has 1 aromatic rings. The predicted octanol–water partition coefficient (Wildman–Crippen LogP) is 0.918. The van der Waals surface area contributed by atoms with Gasteiger partial charge in [-0.15, -0.1) is 0 Å². The Hall–Kier alpha value is -1.95. The number of ketones is 1. The average molecular weight is 223 g/mol. The molecule has 0 aliphatic carbocycles. The smallest absolute Gasteiger partial charge is 0.384 e. The number of aliphatic hydroxyl groups excluding tert-OH is 1. The van der Waals surface area contributed by atoms with E-state index in [-0.39, 0.29) is 17.1 Å². The number of hydrogen-bond acceptors (Lipinski definition) is 5. The number of rotatable bonds is 2. The van der Waals surface area contributed by atoms with Crippen molar-refractivity contribution in [2.24, 2.45) is 0 Å². The Balaban J connectivity index is 2.41. The highest BCUT2D eigenvalue weighted by molar-refractivity contribution is 5.94. The summed E-state index contributed by atoms with van der Waals surface area (Å²) in [5.41, 5.74) is 0.680. The zero-order valence-corrected chi connectivity index (χ0v) is 8.41. The van der Waals surface area contributed by atoms with Crippen molar-refractivity contribution < 1.29 is 19.6 Å². The number of ether oxygens (including phenoxy) is 1. The standard InChI is InChI=1S/C10H9NO5/c1-5(12)6-2-3-8-7(4-6)9(13)10(16-8)11(14)15/h2-4,9-10,13H,1H3/t9-,10-/m1/s1. The van der Waals surface area contributed by atoms with Gasteiger partial charge in [-0.3, -0.25) is 14.9 Å². The lowest BCUT2D eigenvalue weighted by molar-refractivity contribution is -0.572. The van der Waals surface area contributed by atoms with Gasteiger partial charge in [-0.1, -0.05) is 0 Å². The summed E-state index contributed by atoms with van der Waals surface area (Å²) >= 11 is 0. The van der Waals surface area contributed by atoms with E-state index in [1.165, 1.54) is 25.1 Å². The summed E-state index contributed by atoms with van der Waals surface area (Å²) in [4.78, 5) is 21.0. The number of fused-ring (bicyclic) bond motifs is 1. The summed E-state index contributed by atoms with van der Waals surface area (Å²) in [6, 6.07) is 4.39. The summed E-state index contributed by atoms with van der Waals surface area (Å²) in [6.45, 7) is 1.38. The van der Waals surface area contributed by atoms with Gasteiger partial charge >= 0.3 is 6.23 Å². The van der Waals surface area contributed by atoms with Crippen LogP contribution in [0.2, 0.25) is 0 Å². The molecule has 0 unspecified atom stereocenters. The van der Waals surface area contributed by atoms with Crippen molar-refractivity contribution in [1.29, 1.82) is 0 Å². The molecule has 0 radical (unpaired) electrons. The van der Waals surface area contributed by atoms with Crippen molar-refractivity contribution in [3.05, 3.63) is 39.4 Å². The van der Waals surface area contributed by atoms with Crippen LogP contribution >= 0.6 is 0 Å². The molecule has 0 bridgehead atoms. The lowest BCUT2D eigenvalue weighted by atomic mass is 10.0. The Labute approximate surface area is 90.6 Å². The number of hydrogen-bond donors (Lipinski definition) is 1. The van der Waals surface area contributed by atoms with E-state index in [4.69, 9.17) is 4.74 Å². The monoisotopic (exact) mass is 223 g/mol. The van der Waals surface area contributed by atoms with Crippen LogP contribution in [0.1, 0.15) is 28.9 Å². The molecular formula is C10H9NO5. The third kappa shape index (κ3) is 1.53. The maximum absolute atomic E-state index is 11.1. The Morgan fingerprint density at radius 3 is 2.81 bits per heavy atom. The normalized spacial score (nSPS) is 22.4. The van der Waals surface area contributed by atoms with Crippen LogP contribution in [0.5, 0.6) is 5.75 Å². The zero-order chi connectivity index (χ0) is 11.9. The van der Waals surface area contributed by atoms with E-state index in [9.17, 15) is 20.0 Å². The second kappa shape index (κ2) is 3.57. The lowest BCUT2D eigenvalue weighted by Crippen LogP contribution is -2.27. The predicted molar refractivity (Wildman–Crippen MR) is 52.8 cm³/mol. The first-order chi connectivity index (χ1) is 7.50. The first-order valence-electron chi connectivity index (χ1n) is 4.64. The highest BCUT2D eigenvalue weighted by Crippen LogP contribution is 2.37. The summed E-state index contributed by atoms with van der Waals surface area (Å²) in [5.74, 6) is 0.0822. The number of carbonyl (C=O) groups excluding carboxylic acids is 1. The number of nitrogens with zero attached hydrogens (tertiary/aromatic N) is 1. The topological polar surface area (TPSA) is 89.7 Å². The molecule has 0 saturated heterocycles. The average Bonchev–Trinajstić information content (AvgIpc) is 2.56. The fourth-order valence-corrected chi connectivity index (χ4v) is 1.61. The minimum atomic E-state index is -1.49. The van der Waals surface area contributed by atoms with Gasteiger partial charge in [0, 0.05) is 11.1 Å². The van der Waals surface area contributed by atoms with Crippen molar-refractivity contribution in [3.63, 3.8) is 0 Å². The quantitative estimate of drug-likeness (QED) is 0.457. The second-order valence-electron chi connectivity index (χ2n) is 3.55. The molecule has 0 spiro atoms. The van der Waals surface area contributed by atoms with Crippen molar-refractivity contribution in [2.45, 2.75) is 19.3 Å². The number of aliphatic hydroxyl groups is 1. The van der Waals surface area contributed by atoms with Crippen molar-refractivity contribution in [1.82, 2.24) is 0 Å². The second-order valence-corrected chi connectivity index (χ2v) is 3.55. The van der Waals surface area contributed by atoms with Crippen LogP contribution in [-0.2, 0) is 0 Å². The van der Waals surface area contributed by atoms with Crippen LogP contribution in [0, 0.1) is 10.1 Å². The number of nitro groups is 1. The summed E-state index contributed by atoms with van der Waals surface area (Å²) in [7, 11) is 0. The molecule has 84 valence electrons. The third-order valence-electron chi connectivity index (χ3n) is 2.46. The first-order valence-corrected chi connectivity index (χ1v) is 4.64. The SMILES string of the molecule is CC(=O)c1ccc2c(c1)[C@@H](O)[C@H]([N+](=O)[O-])O2. The molecule has 0 amide bonds. The van der Waals surface area contributed by atoms with Crippen LogP contribution < -0.4 is 4.74 Å². The zero-order valence-electron chi connectivity index (χ0n) is 8.41. The minimum Gasteiger partial charge on any atom is -0.427 e. The van der Waals surface area contributed by atoms with Crippen LogP contribution in [0.4, 0.5) is 0 Å². The van der Waals surface area contributed by atoms with E-state index in [1.54, 1.807) is 0 Å². The maximum Gasteiger partial charge on any atom is 0.384 e. The van der Waals surface area contributed by atoms with Gasteiger partial charge in [0.15, 0.2) is 11.9 Å². The van der Waals surface area contributed by atoms with Gasteiger partial charge in [-0.25, -0.2) is 0 Å². The number of Topliss-reactive ketones (excluding diaryl/α,β-unsaturated/α-hetero) is 1. The third-order valence-corrected chi connectivity index (χ3v) is 2.46. The molecule has 1 aliphatic heterocycles. The minimum absolute atomic E-state index is 0.167. The fourth-order valence-electron chi connectivity index (χ4n) is 1.61. The highest BCUT2D eigenvalue weighted by atomic mass is 16.7. The summed E-state index contributed by atoms with van der Waals surface area (Å²) in [5, 5.41) is 20.2. The van der Waals surface area contributed by atoms with Crippen molar-refractivity contribution in [2.75, 3.05) is 0 Å². The van der Waals surface area contributed by atoms with Gasteiger partial charge in [-0.05, 0) is 25.1 Å². The maximum atomic E-state index is 11.1. The van der Waals surface area contributed by atoms with E-state index in [1.807, 2.05) is 0 Å². The van der Waals surface area contributed by atoms with E-state index >= 15 is 0 Å². The summed E-state index contributed by atoms with van der Waals surface area (Å²) in [6.07, 6.45) is -2.82. The van der Waals surface area contributed by atoms with Gasteiger partial charge in [0.1, 0.15) is 5.75 Å². The van der Waals surface area contributed by atoms with Crippen LogP contribution in [0.25, 0.3) is 0 Å². The van der Waals surface area contributed by atoms with Crippen LogP contribution in [0.3, 0.4) is 0 Å². The van der Waals surface area contributed by atoms with Crippen LogP contribution in [-0.4, -0.2) is 22.0 Å². The van der Waals surface area contributed by atoms with E-state index in [0.717, 1.165) is 0 Å². The Morgan fingerprint density at radius 2 is 2.25 bits per heavy atom. The molecule has 2 rings (SSSR count). The molecule has 0 aromatic heterocycles. The Bertz CT molecular complexity index is 470. The van der Waals surface area contributed by atoms with Crippen molar-refractivity contribution in [3.8, 4) is 5.75 Å². The van der Waals surface area contributed by atoms with Gasteiger partial charge in [-0.2, -0.15) is 0 Å². The molecular weight excluding hydrogens is 214 g/mol. The van der Waals surface area contributed by atoms with E-state index in [2.05, 4.69) is 0 Å². The fraction of sp³-hybridized carbons (Fsp3) is 0.300. The number of carbonyl (C=O) groups is 1. The molecule has 0 saturated carbocycles. The van der Waals surface area contributed by atoms with E-state index < -0.39 is 17.3 Å². The van der Waals surface area contributed by atoms with Crippen molar-refractivity contribution >= 4 is 5.78 Å². The summed E-state index contributed by atoms with van der Waals surface area (Å²) < 4.78 is 4.95. The number of benzene rings is 1. The Morgan fingerprint density at radius 1 is 1.56 bits per heavy atom. The van der Waals surface area contributed by atoms with Gasteiger partial charge < -0.3 is 9.84 Å². The van der Waals surface area contributed by atoms with Gasteiger partial charge in [0.05, 0.1) is 4.92 Å². The molecule has 6 heteroatoms. The molecule has 1 aromatic carbocycles. The molecule has 2 atom stereocenters. The van der Waals surface area contributed by atoms with E-state index in [0.29, 0.717) is 5.56 Å². The molecule has 0 fully saturated rings. The van der Waals surface area contributed by atoms with Gasteiger partial charge in [0.2, 0.25) is 0 Å². The van der Waals surface area contributed by atoms with Gasteiger partial charge in [0.25, 0.3) is 0 Å². The molecule has 1 aliphatic rings. The Kier molecular flexibility index (Phi) is 2.35. The van der Waals surface area contributed by atoms with Crippen LogP contribution in [0.15, 0.2) is 18.2 Å². The molecule has 6 nitrogen and oxygen atoms in total. The molecule has 1 heterocycles. The lowest BCUT2D eigenvalue weighted by Gasteiger charge is -2.04. The first kappa shape index (κ1) is 10.6. The highest BCUT2D eigenvalue weighted by Gasteiger charge is 2.41. The molecule has 1 N–H and O–H groups in total. The largest absolute Gasteiger partial charge is 0.427 e.